The van der Waals surface area contributed by atoms with Crippen LogP contribution in [-0.2, 0) is 17.9 Å². The number of methoxy groups -OCH3 is 1. The van der Waals surface area contributed by atoms with Crippen LogP contribution in [0.5, 0.6) is 0 Å². The first kappa shape index (κ1) is 16.2. The molecule has 1 atom stereocenters. The van der Waals surface area contributed by atoms with E-state index < -0.39 is 0 Å². The highest BCUT2D eigenvalue weighted by atomic mass is 16.5. The molecule has 1 aromatic heterocycles. The Bertz CT molecular complexity index is 527. The standard InChI is InChI=1S/C15H25N5O3/c1-3-20(9-14-17-13(10-22-2)18-23-14)15(21)16-12-8-19-6-4-11(12)5-7-19/h11-12H,3-10H2,1-2H3,(H,16,21). The summed E-state index contributed by atoms with van der Waals surface area (Å²) < 4.78 is 10.1. The predicted octanol–water partition coefficient (Wildman–Crippen LogP) is 0.842. The van der Waals surface area contributed by atoms with Gasteiger partial charge in [0.1, 0.15) is 13.2 Å². The molecule has 0 aromatic carbocycles. The second-order valence-corrected chi connectivity index (χ2v) is 6.25. The van der Waals surface area contributed by atoms with Crippen LogP contribution in [0.1, 0.15) is 31.5 Å². The number of nitrogens with zero attached hydrogens (tertiary/aromatic N) is 4. The first-order chi connectivity index (χ1) is 11.2. The third kappa shape index (κ3) is 3.81. The number of amides is 2. The predicted molar refractivity (Wildman–Crippen MR) is 82.6 cm³/mol. The van der Waals surface area contributed by atoms with Gasteiger partial charge in [-0.25, -0.2) is 4.79 Å². The van der Waals surface area contributed by atoms with Crippen LogP contribution in [0.15, 0.2) is 4.52 Å². The monoisotopic (exact) mass is 323 g/mol. The van der Waals surface area contributed by atoms with Crippen LogP contribution >= 0.6 is 0 Å². The van der Waals surface area contributed by atoms with Gasteiger partial charge in [-0.1, -0.05) is 5.16 Å². The number of carbonyl (C=O) groups excluding carboxylic acids is 1. The van der Waals surface area contributed by atoms with E-state index in [4.69, 9.17) is 9.26 Å². The minimum absolute atomic E-state index is 0.0576. The summed E-state index contributed by atoms with van der Waals surface area (Å²) in [4.78, 5) is 20.9. The summed E-state index contributed by atoms with van der Waals surface area (Å²) in [6.07, 6.45) is 2.36. The Balaban J connectivity index is 1.55. The quantitative estimate of drug-likeness (QED) is 0.835. The molecule has 0 radical (unpaired) electrons. The number of urea groups is 1. The summed E-state index contributed by atoms with van der Waals surface area (Å²) in [5, 5.41) is 7.01. The number of rotatable bonds is 6. The van der Waals surface area contributed by atoms with Crippen molar-refractivity contribution in [3.63, 3.8) is 0 Å². The lowest BCUT2D eigenvalue weighted by molar-refractivity contribution is 0.0725. The molecule has 0 aliphatic carbocycles. The largest absolute Gasteiger partial charge is 0.377 e. The van der Waals surface area contributed by atoms with Crippen LogP contribution < -0.4 is 5.32 Å². The lowest BCUT2D eigenvalue weighted by Crippen LogP contribution is -2.59. The van der Waals surface area contributed by atoms with Crippen molar-refractivity contribution in [1.82, 2.24) is 25.3 Å². The molecule has 8 heteroatoms. The molecule has 128 valence electrons. The van der Waals surface area contributed by atoms with E-state index in [2.05, 4.69) is 20.4 Å². The molecule has 1 aromatic rings. The molecule has 4 rings (SSSR count). The van der Waals surface area contributed by atoms with Gasteiger partial charge in [0.2, 0.25) is 5.89 Å². The minimum atomic E-state index is -0.0576. The fourth-order valence-electron chi connectivity index (χ4n) is 3.41. The maximum absolute atomic E-state index is 12.5. The summed E-state index contributed by atoms with van der Waals surface area (Å²) >= 11 is 0. The first-order valence-electron chi connectivity index (χ1n) is 8.27. The van der Waals surface area contributed by atoms with Crippen molar-refractivity contribution in [3.8, 4) is 0 Å². The van der Waals surface area contributed by atoms with Gasteiger partial charge in [-0.05, 0) is 38.8 Å². The van der Waals surface area contributed by atoms with E-state index in [1.165, 1.54) is 25.9 Å². The summed E-state index contributed by atoms with van der Waals surface area (Å²) in [6, 6.07) is 0.198. The van der Waals surface area contributed by atoms with E-state index in [-0.39, 0.29) is 12.1 Å². The molecule has 2 amide bonds. The van der Waals surface area contributed by atoms with Gasteiger partial charge in [-0.15, -0.1) is 0 Å². The van der Waals surface area contributed by atoms with Crippen LogP contribution in [0.25, 0.3) is 0 Å². The average molecular weight is 323 g/mol. The Kier molecular flexibility index (Phi) is 5.12. The molecule has 4 heterocycles. The molecule has 3 fully saturated rings. The molecule has 0 spiro atoms. The zero-order valence-corrected chi connectivity index (χ0v) is 13.8. The lowest BCUT2D eigenvalue weighted by Gasteiger charge is -2.45. The van der Waals surface area contributed by atoms with Crippen molar-refractivity contribution in [3.05, 3.63) is 11.7 Å². The van der Waals surface area contributed by atoms with Crippen LogP contribution in [0, 0.1) is 5.92 Å². The van der Waals surface area contributed by atoms with Gasteiger partial charge < -0.3 is 24.4 Å². The van der Waals surface area contributed by atoms with Gasteiger partial charge in [0.25, 0.3) is 0 Å². The number of piperidine rings is 3. The third-order valence-corrected chi connectivity index (χ3v) is 4.74. The SMILES string of the molecule is CCN(Cc1nc(COC)no1)C(=O)NC1CN2CCC1CC2. The van der Waals surface area contributed by atoms with Gasteiger partial charge in [-0.2, -0.15) is 4.98 Å². The summed E-state index contributed by atoms with van der Waals surface area (Å²) in [5.74, 6) is 1.54. The highest BCUT2D eigenvalue weighted by molar-refractivity contribution is 5.74. The minimum Gasteiger partial charge on any atom is -0.377 e. The van der Waals surface area contributed by atoms with Crippen molar-refractivity contribution in [2.45, 2.75) is 39.0 Å². The highest BCUT2D eigenvalue weighted by Gasteiger charge is 2.35. The van der Waals surface area contributed by atoms with E-state index >= 15 is 0 Å². The van der Waals surface area contributed by atoms with E-state index in [1.807, 2.05) is 6.92 Å². The van der Waals surface area contributed by atoms with Gasteiger partial charge in [0.05, 0.1) is 0 Å². The number of carbonyl (C=O) groups is 1. The molecule has 3 aliphatic rings. The number of hydrogen-bond acceptors (Lipinski definition) is 6. The fourth-order valence-corrected chi connectivity index (χ4v) is 3.41. The van der Waals surface area contributed by atoms with Crippen molar-refractivity contribution < 1.29 is 14.1 Å². The van der Waals surface area contributed by atoms with Crippen molar-refractivity contribution in [1.29, 1.82) is 0 Å². The van der Waals surface area contributed by atoms with E-state index in [9.17, 15) is 4.79 Å². The smallest absolute Gasteiger partial charge is 0.318 e. The summed E-state index contributed by atoms with van der Waals surface area (Å²) in [6.45, 7) is 6.46. The molecule has 23 heavy (non-hydrogen) atoms. The molecular weight excluding hydrogens is 298 g/mol. The van der Waals surface area contributed by atoms with Crippen LogP contribution in [0.3, 0.4) is 0 Å². The van der Waals surface area contributed by atoms with Gasteiger partial charge in [0, 0.05) is 26.2 Å². The van der Waals surface area contributed by atoms with E-state index in [0.717, 1.165) is 6.54 Å². The zero-order chi connectivity index (χ0) is 16.2. The second kappa shape index (κ2) is 7.27. The Labute approximate surface area is 136 Å². The molecule has 3 aliphatic heterocycles. The zero-order valence-electron chi connectivity index (χ0n) is 13.8. The third-order valence-electron chi connectivity index (χ3n) is 4.74. The Morgan fingerprint density at radius 2 is 2.26 bits per heavy atom. The van der Waals surface area contributed by atoms with Crippen LogP contribution in [0.4, 0.5) is 4.79 Å². The molecule has 3 saturated heterocycles. The maximum Gasteiger partial charge on any atom is 0.318 e. The molecule has 0 saturated carbocycles. The van der Waals surface area contributed by atoms with Crippen LogP contribution in [-0.4, -0.2) is 65.3 Å². The average Bonchev–Trinajstić information content (AvgIpc) is 3.01. The molecule has 1 unspecified atom stereocenters. The number of ether oxygens (including phenoxy) is 1. The van der Waals surface area contributed by atoms with Crippen LogP contribution in [0.2, 0.25) is 0 Å². The fraction of sp³-hybridized carbons (Fsp3) is 0.800. The molecule has 2 bridgehead atoms. The summed E-state index contributed by atoms with van der Waals surface area (Å²) in [7, 11) is 1.58. The van der Waals surface area contributed by atoms with Gasteiger partial charge in [-0.3, -0.25) is 0 Å². The normalized spacial score (nSPS) is 26.3. The number of aromatic nitrogens is 2. The Hall–Kier alpha value is -1.67. The highest BCUT2D eigenvalue weighted by Crippen LogP contribution is 2.27. The second-order valence-electron chi connectivity index (χ2n) is 6.25. The van der Waals surface area contributed by atoms with Crippen molar-refractivity contribution in [2.75, 3.05) is 33.3 Å². The van der Waals surface area contributed by atoms with E-state index in [1.54, 1.807) is 12.0 Å². The number of hydrogen-bond donors (Lipinski definition) is 1. The maximum atomic E-state index is 12.5. The van der Waals surface area contributed by atoms with Crippen molar-refractivity contribution >= 4 is 6.03 Å². The molecule has 8 nitrogen and oxygen atoms in total. The Morgan fingerprint density at radius 1 is 1.48 bits per heavy atom. The Morgan fingerprint density at radius 3 is 2.87 bits per heavy atom. The first-order valence-corrected chi connectivity index (χ1v) is 8.27. The molecule has 1 N–H and O–H groups in total. The lowest BCUT2D eigenvalue weighted by atomic mass is 9.84. The van der Waals surface area contributed by atoms with E-state index in [0.29, 0.717) is 37.3 Å². The number of fused-ring (bicyclic) bond motifs is 3. The summed E-state index contributed by atoms with van der Waals surface area (Å²) in [5.41, 5.74) is 0. The number of nitrogens with one attached hydrogen (secondary N) is 1. The molecular formula is C15H25N5O3. The van der Waals surface area contributed by atoms with Gasteiger partial charge >= 0.3 is 6.03 Å². The topological polar surface area (TPSA) is 83.7 Å². The van der Waals surface area contributed by atoms with Gasteiger partial charge in [0.15, 0.2) is 5.82 Å². The van der Waals surface area contributed by atoms with Crippen molar-refractivity contribution in [2.24, 2.45) is 5.92 Å².